The first-order valence-corrected chi connectivity index (χ1v) is 14.4. The molecule has 1 aromatic rings. The zero-order valence-corrected chi connectivity index (χ0v) is 23.0. The fraction of sp³-hybridized carbons (Fsp3) is 0.655. The lowest BCUT2D eigenvalue weighted by atomic mass is 9.87. The molecule has 2 saturated heterocycles. The van der Waals surface area contributed by atoms with Crippen LogP contribution >= 0.6 is 0 Å². The summed E-state index contributed by atoms with van der Waals surface area (Å²) in [4.78, 5) is 40.3. The fourth-order valence-corrected chi connectivity index (χ4v) is 6.32. The Morgan fingerprint density at radius 3 is 2.66 bits per heavy atom. The van der Waals surface area contributed by atoms with Crippen LogP contribution in [-0.4, -0.2) is 101 Å². The molecule has 0 aromatic carbocycles. The van der Waals surface area contributed by atoms with Gasteiger partial charge in [-0.05, 0) is 63.1 Å². The minimum atomic E-state index is -0.152. The van der Waals surface area contributed by atoms with Crippen LogP contribution in [0.25, 0.3) is 0 Å². The van der Waals surface area contributed by atoms with Crippen molar-refractivity contribution in [2.45, 2.75) is 64.5 Å². The number of anilines is 1. The van der Waals surface area contributed by atoms with E-state index in [9.17, 15) is 9.59 Å². The zero-order valence-electron chi connectivity index (χ0n) is 23.0. The number of carbonyl (C=O) groups excluding carboxylic acids is 2. The van der Waals surface area contributed by atoms with Gasteiger partial charge in [-0.15, -0.1) is 0 Å². The third-order valence-electron chi connectivity index (χ3n) is 8.58. The SMILES string of the molecule is CC(=O)N1CCC(Nc2cc(C(=O)NCC(CN3CCC4=C(CC(C)C=C4)C3)N3CCCC3)ncn2)CC1. The average molecular weight is 522 g/mol. The summed E-state index contributed by atoms with van der Waals surface area (Å²) in [6.45, 7) is 11.3. The van der Waals surface area contributed by atoms with Gasteiger partial charge in [-0.3, -0.25) is 19.4 Å². The summed E-state index contributed by atoms with van der Waals surface area (Å²) < 4.78 is 0. The molecule has 9 nitrogen and oxygen atoms in total. The van der Waals surface area contributed by atoms with Crippen molar-refractivity contribution < 1.29 is 9.59 Å². The van der Waals surface area contributed by atoms with E-state index in [0.717, 1.165) is 65.1 Å². The molecule has 2 unspecified atom stereocenters. The molecule has 4 aliphatic rings. The summed E-state index contributed by atoms with van der Waals surface area (Å²) in [5.41, 5.74) is 3.53. The highest BCUT2D eigenvalue weighted by molar-refractivity contribution is 5.92. The highest BCUT2D eigenvalue weighted by atomic mass is 16.2. The van der Waals surface area contributed by atoms with E-state index in [1.165, 1.54) is 25.6 Å². The lowest BCUT2D eigenvalue weighted by molar-refractivity contribution is -0.129. The number of amides is 2. The van der Waals surface area contributed by atoms with Crippen LogP contribution in [0.15, 0.2) is 35.7 Å². The third kappa shape index (κ3) is 6.80. The highest BCUT2D eigenvalue weighted by Gasteiger charge is 2.28. The largest absolute Gasteiger partial charge is 0.367 e. The van der Waals surface area contributed by atoms with Crippen molar-refractivity contribution in [3.8, 4) is 0 Å². The van der Waals surface area contributed by atoms with Gasteiger partial charge in [-0.25, -0.2) is 9.97 Å². The Bertz CT molecular complexity index is 1060. The summed E-state index contributed by atoms with van der Waals surface area (Å²) in [6, 6.07) is 2.28. The molecular weight excluding hydrogens is 478 g/mol. The van der Waals surface area contributed by atoms with Gasteiger partial charge >= 0.3 is 0 Å². The van der Waals surface area contributed by atoms with E-state index in [1.807, 2.05) is 4.90 Å². The Kier molecular flexibility index (Phi) is 8.74. The number of piperidine rings is 1. The number of hydrogen-bond acceptors (Lipinski definition) is 7. The van der Waals surface area contributed by atoms with E-state index < -0.39 is 0 Å². The number of nitrogens with zero attached hydrogens (tertiary/aromatic N) is 5. The molecule has 1 aromatic heterocycles. The van der Waals surface area contributed by atoms with E-state index in [1.54, 1.807) is 24.1 Å². The Morgan fingerprint density at radius 2 is 1.89 bits per heavy atom. The van der Waals surface area contributed by atoms with E-state index in [-0.39, 0.29) is 17.9 Å². The van der Waals surface area contributed by atoms with Gasteiger partial charge < -0.3 is 15.5 Å². The van der Waals surface area contributed by atoms with Crippen LogP contribution in [0.4, 0.5) is 5.82 Å². The van der Waals surface area contributed by atoms with Crippen LogP contribution in [0.3, 0.4) is 0 Å². The maximum absolute atomic E-state index is 13.1. The Hall–Kier alpha value is -2.78. The summed E-state index contributed by atoms with van der Waals surface area (Å²) >= 11 is 0. The van der Waals surface area contributed by atoms with E-state index in [0.29, 0.717) is 30.0 Å². The summed E-state index contributed by atoms with van der Waals surface area (Å²) in [5.74, 6) is 1.26. The molecule has 0 saturated carbocycles. The second-order valence-corrected chi connectivity index (χ2v) is 11.5. The van der Waals surface area contributed by atoms with Gasteiger partial charge in [-0.2, -0.15) is 0 Å². The minimum absolute atomic E-state index is 0.125. The molecule has 4 heterocycles. The number of allylic oxidation sites excluding steroid dienone is 2. The molecule has 2 atom stereocenters. The molecule has 2 amide bonds. The molecule has 2 N–H and O–H groups in total. The van der Waals surface area contributed by atoms with Crippen LogP contribution in [-0.2, 0) is 4.79 Å². The number of rotatable bonds is 8. The highest BCUT2D eigenvalue weighted by Crippen LogP contribution is 2.30. The molecule has 0 bridgehead atoms. The van der Waals surface area contributed by atoms with Crippen LogP contribution < -0.4 is 10.6 Å². The molecule has 1 aliphatic carbocycles. The van der Waals surface area contributed by atoms with Crippen molar-refractivity contribution in [1.82, 2.24) is 30.0 Å². The van der Waals surface area contributed by atoms with Crippen LogP contribution in [0.5, 0.6) is 0 Å². The minimum Gasteiger partial charge on any atom is -0.367 e. The number of carbonyl (C=O) groups is 2. The Morgan fingerprint density at radius 1 is 1.11 bits per heavy atom. The number of hydrogen-bond donors (Lipinski definition) is 2. The quantitative estimate of drug-likeness (QED) is 0.543. The van der Waals surface area contributed by atoms with E-state index in [4.69, 9.17) is 0 Å². The van der Waals surface area contributed by atoms with Gasteiger partial charge in [0.15, 0.2) is 0 Å². The summed E-state index contributed by atoms with van der Waals surface area (Å²) in [6.07, 6.45) is 12.7. The number of aromatic nitrogens is 2. The molecule has 38 heavy (non-hydrogen) atoms. The Labute approximate surface area is 226 Å². The second-order valence-electron chi connectivity index (χ2n) is 11.5. The van der Waals surface area contributed by atoms with Crippen LogP contribution in [0.1, 0.15) is 62.9 Å². The first-order chi connectivity index (χ1) is 18.4. The standard InChI is InChI=1S/C29H43N7O2/c1-21-5-6-23-7-12-34(18-24(23)15-21)19-26(36-10-3-4-11-36)17-30-29(38)27-16-28(32-20-31-27)33-25-8-13-35(14-9-25)22(2)37/h5-6,16,20-21,25-26H,3-4,7-15,17-19H2,1-2H3,(H,30,38)(H,31,32,33). The molecule has 9 heteroatoms. The van der Waals surface area contributed by atoms with Gasteiger partial charge in [-0.1, -0.05) is 24.6 Å². The molecule has 3 aliphatic heterocycles. The van der Waals surface area contributed by atoms with Crippen LogP contribution in [0, 0.1) is 5.92 Å². The van der Waals surface area contributed by atoms with E-state index in [2.05, 4.69) is 49.5 Å². The Balaban J connectivity index is 1.16. The average Bonchev–Trinajstić information content (AvgIpc) is 3.46. The topological polar surface area (TPSA) is 93.7 Å². The van der Waals surface area contributed by atoms with Crippen molar-refractivity contribution in [3.05, 3.63) is 41.4 Å². The van der Waals surface area contributed by atoms with Crippen molar-refractivity contribution in [1.29, 1.82) is 0 Å². The third-order valence-corrected chi connectivity index (χ3v) is 8.58. The van der Waals surface area contributed by atoms with Crippen molar-refractivity contribution in [2.75, 3.05) is 57.7 Å². The fourth-order valence-electron chi connectivity index (χ4n) is 6.32. The van der Waals surface area contributed by atoms with Gasteiger partial charge in [0.05, 0.1) is 0 Å². The van der Waals surface area contributed by atoms with Crippen molar-refractivity contribution in [2.24, 2.45) is 5.92 Å². The lowest BCUT2D eigenvalue weighted by Crippen LogP contribution is -2.50. The van der Waals surface area contributed by atoms with E-state index >= 15 is 0 Å². The van der Waals surface area contributed by atoms with Crippen LogP contribution in [0.2, 0.25) is 0 Å². The molecule has 0 spiro atoms. The zero-order chi connectivity index (χ0) is 26.5. The van der Waals surface area contributed by atoms with Gasteiger partial charge in [0, 0.05) is 64.3 Å². The van der Waals surface area contributed by atoms with Crippen molar-refractivity contribution >= 4 is 17.6 Å². The lowest BCUT2D eigenvalue weighted by Gasteiger charge is -2.37. The normalized spacial score (nSPS) is 23.8. The van der Waals surface area contributed by atoms with Crippen molar-refractivity contribution in [3.63, 3.8) is 0 Å². The van der Waals surface area contributed by atoms with Gasteiger partial charge in [0.2, 0.25) is 5.91 Å². The molecular formula is C29H43N7O2. The smallest absolute Gasteiger partial charge is 0.270 e. The predicted molar refractivity (Wildman–Crippen MR) is 149 cm³/mol. The van der Waals surface area contributed by atoms with Gasteiger partial charge in [0.25, 0.3) is 5.91 Å². The predicted octanol–water partition coefficient (Wildman–Crippen LogP) is 2.69. The molecule has 0 radical (unpaired) electrons. The van der Waals surface area contributed by atoms with Gasteiger partial charge in [0.1, 0.15) is 17.8 Å². The summed E-state index contributed by atoms with van der Waals surface area (Å²) in [7, 11) is 0. The molecule has 5 rings (SSSR count). The number of nitrogens with one attached hydrogen (secondary N) is 2. The summed E-state index contributed by atoms with van der Waals surface area (Å²) in [5, 5.41) is 6.62. The monoisotopic (exact) mass is 521 g/mol. The second kappa shape index (κ2) is 12.4. The maximum atomic E-state index is 13.1. The first-order valence-electron chi connectivity index (χ1n) is 14.4. The number of likely N-dealkylation sites (tertiary alicyclic amines) is 2. The molecule has 206 valence electrons. The maximum Gasteiger partial charge on any atom is 0.270 e. The first kappa shape index (κ1) is 26.8. The molecule has 2 fully saturated rings.